The minimum atomic E-state index is -0.325. The van der Waals surface area contributed by atoms with Crippen LogP contribution in [-0.2, 0) is 13.6 Å². The molecule has 0 spiro atoms. The molecule has 1 aromatic heterocycles. The first-order valence-corrected chi connectivity index (χ1v) is 5.67. The van der Waals surface area contributed by atoms with Crippen molar-refractivity contribution in [3.63, 3.8) is 0 Å². The van der Waals surface area contributed by atoms with Crippen molar-refractivity contribution < 1.29 is 9.13 Å². The molecule has 2 rings (SSSR count). The van der Waals surface area contributed by atoms with Crippen molar-refractivity contribution in [2.24, 2.45) is 7.05 Å². The summed E-state index contributed by atoms with van der Waals surface area (Å²) in [4.78, 5) is 0. The molecule has 0 aliphatic heterocycles. The van der Waals surface area contributed by atoms with Crippen LogP contribution in [0.2, 0.25) is 0 Å². The average Bonchev–Trinajstić information content (AvgIpc) is 2.66. The number of halogens is 1. The number of aromatic nitrogens is 2. The molecular weight excluding hydrogens is 233 g/mol. The second-order valence-corrected chi connectivity index (χ2v) is 4.09. The van der Waals surface area contributed by atoms with Crippen molar-refractivity contribution in [2.75, 3.05) is 12.4 Å². The van der Waals surface area contributed by atoms with Gasteiger partial charge in [0.25, 0.3) is 0 Å². The maximum atomic E-state index is 13.9. The fraction of sp³-hybridized carbons (Fsp3) is 0.308. The molecular formula is C13H16FN3O. The van der Waals surface area contributed by atoms with E-state index in [2.05, 4.69) is 10.4 Å². The Morgan fingerprint density at radius 1 is 1.44 bits per heavy atom. The van der Waals surface area contributed by atoms with E-state index in [4.69, 9.17) is 4.74 Å². The summed E-state index contributed by atoms with van der Waals surface area (Å²) < 4.78 is 20.6. The first kappa shape index (κ1) is 12.4. The van der Waals surface area contributed by atoms with E-state index in [-0.39, 0.29) is 11.6 Å². The summed E-state index contributed by atoms with van der Waals surface area (Å²) in [5.41, 5.74) is 2.36. The summed E-state index contributed by atoms with van der Waals surface area (Å²) in [6.45, 7) is 2.31. The Kier molecular flexibility index (Phi) is 3.50. The quantitative estimate of drug-likeness (QED) is 0.904. The molecule has 1 aromatic carbocycles. The van der Waals surface area contributed by atoms with Gasteiger partial charge in [0.15, 0.2) is 11.6 Å². The topological polar surface area (TPSA) is 39.1 Å². The van der Waals surface area contributed by atoms with Gasteiger partial charge in [-0.2, -0.15) is 5.10 Å². The summed E-state index contributed by atoms with van der Waals surface area (Å²) in [7, 11) is 3.31. The highest BCUT2D eigenvalue weighted by Gasteiger charge is 2.09. The lowest BCUT2D eigenvalue weighted by atomic mass is 10.2. The molecule has 4 nitrogen and oxygen atoms in total. The number of benzene rings is 1. The van der Waals surface area contributed by atoms with Crippen molar-refractivity contribution in [3.8, 4) is 5.75 Å². The highest BCUT2D eigenvalue weighted by molar-refractivity contribution is 5.46. The Labute approximate surface area is 105 Å². The van der Waals surface area contributed by atoms with E-state index in [1.165, 1.54) is 7.11 Å². The molecule has 0 saturated heterocycles. The Morgan fingerprint density at radius 3 is 2.83 bits per heavy atom. The van der Waals surface area contributed by atoms with E-state index in [0.29, 0.717) is 12.1 Å². The first-order chi connectivity index (χ1) is 8.61. The van der Waals surface area contributed by atoms with E-state index in [1.54, 1.807) is 22.9 Å². The Hall–Kier alpha value is -2.04. The molecule has 0 atom stereocenters. The van der Waals surface area contributed by atoms with Crippen molar-refractivity contribution in [3.05, 3.63) is 41.5 Å². The third kappa shape index (κ3) is 2.45. The molecule has 1 N–H and O–H groups in total. The van der Waals surface area contributed by atoms with Crippen LogP contribution in [0.4, 0.5) is 10.1 Å². The largest absolute Gasteiger partial charge is 0.494 e. The van der Waals surface area contributed by atoms with Crippen molar-refractivity contribution in [1.29, 1.82) is 0 Å². The highest BCUT2D eigenvalue weighted by Crippen LogP contribution is 2.21. The molecule has 0 fully saturated rings. The third-order valence-corrected chi connectivity index (χ3v) is 2.75. The summed E-state index contributed by atoms with van der Waals surface area (Å²) in [6.07, 6.45) is 1.87. The molecule has 5 heteroatoms. The van der Waals surface area contributed by atoms with Gasteiger partial charge in [0.05, 0.1) is 18.5 Å². The fourth-order valence-electron chi connectivity index (χ4n) is 1.81. The number of methoxy groups -OCH3 is 1. The first-order valence-electron chi connectivity index (χ1n) is 5.67. The van der Waals surface area contributed by atoms with Gasteiger partial charge in [-0.15, -0.1) is 0 Å². The summed E-state index contributed by atoms with van der Waals surface area (Å²) in [5, 5.41) is 7.38. The number of aryl methyl sites for hydroxylation is 2. The van der Waals surface area contributed by atoms with Crippen LogP contribution in [0.25, 0.3) is 0 Å². The second-order valence-electron chi connectivity index (χ2n) is 4.09. The molecule has 0 radical (unpaired) electrons. The zero-order valence-electron chi connectivity index (χ0n) is 10.7. The molecule has 96 valence electrons. The second kappa shape index (κ2) is 5.08. The Bertz CT molecular complexity index is 551. The molecule has 18 heavy (non-hydrogen) atoms. The molecule has 0 aliphatic carbocycles. The van der Waals surface area contributed by atoms with Crippen LogP contribution in [0.3, 0.4) is 0 Å². The number of hydrogen-bond acceptors (Lipinski definition) is 3. The number of nitrogens with one attached hydrogen (secondary N) is 1. The highest BCUT2D eigenvalue weighted by atomic mass is 19.1. The van der Waals surface area contributed by atoms with E-state index in [1.807, 2.05) is 20.2 Å². The standard InChI is InChI=1S/C13H16FN3O/c1-9-11(8-17(2)16-9)15-7-10-5-4-6-12(18-3)13(10)14/h4-6,8,15H,7H2,1-3H3. The molecule has 0 aliphatic rings. The van der Waals surface area contributed by atoms with Gasteiger partial charge >= 0.3 is 0 Å². The summed E-state index contributed by atoms with van der Waals surface area (Å²) >= 11 is 0. The van der Waals surface area contributed by atoms with E-state index in [9.17, 15) is 4.39 Å². The van der Waals surface area contributed by atoms with Gasteiger partial charge in [-0.05, 0) is 13.0 Å². The van der Waals surface area contributed by atoms with Crippen LogP contribution in [-0.4, -0.2) is 16.9 Å². The maximum Gasteiger partial charge on any atom is 0.170 e. The lowest BCUT2D eigenvalue weighted by molar-refractivity contribution is 0.384. The van der Waals surface area contributed by atoms with Crippen LogP contribution in [0, 0.1) is 12.7 Å². The zero-order valence-corrected chi connectivity index (χ0v) is 10.7. The number of anilines is 1. The predicted molar refractivity (Wildman–Crippen MR) is 68.2 cm³/mol. The Balaban J connectivity index is 2.13. The zero-order chi connectivity index (χ0) is 13.1. The number of nitrogens with zero attached hydrogens (tertiary/aromatic N) is 2. The fourth-order valence-corrected chi connectivity index (χ4v) is 1.81. The molecule has 0 amide bonds. The lowest BCUT2D eigenvalue weighted by Crippen LogP contribution is -2.03. The van der Waals surface area contributed by atoms with Gasteiger partial charge in [-0.25, -0.2) is 4.39 Å². The normalized spacial score (nSPS) is 10.4. The van der Waals surface area contributed by atoms with Crippen molar-refractivity contribution in [2.45, 2.75) is 13.5 Å². The van der Waals surface area contributed by atoms with Crippen LogP contribution in [0.5, 0.6) is 5.75 Å². The number of ether oxygens (including phenoxy) is 1. The van der Waals surface area contributed by atoms with Crippen molar-refractivity contribution in [1.82, 2.24) is 9.78 Å². The molecule has 0 bridgehead atoms. The Morgan fingerprint density at radius 2 is 2.22 bits per heavy atom. The van der Waals surface area contributed by atoms with Crippen LogP contribution >= 0.6 is 0 Å². The van der Waals surface area contributed by atoms with Gasteiger partial charge in [0.2, 0.25) is 0 Å². The van der Waals surface area contributed by atoms with Gasteiger partial charge in [-0.3, -0.25) is 4.68 Å². The van der Waals surface area contributed by atoms with E-state index >= 15 is 0 Å². The van der Waals surface area contributed by atoms with Crippen molar-refractivity contribution >= 4 is 5.69 Å². The minimum Gasteiger partial charge on any atom is -0.494 e. The monoisotopic (exact) mass is 249 g/mol. The molecule has 1 heterocycles. The lowest BCUT2D eigenvalue weighted by Gasteiger charge is -2.08. The third-order valence-electron chi connectivity index (χ3n) is 2.75. The number of rotatable bonds is 4. The van der Waals surface area contributed by atoms with Crippen LogP contribution in [0.1, 0.15) is 11.3 Å². The summed E-state index contributed by atoms with van der Waals surface area (Å²) in [6, 6.07) is 5.11. The van der Waals surface area contributed by atoms with E-state index < -0.39 is 0 Å². The van der Waals surface area contributed by atoms with Crippen LogP contribution < -0.4 is 10.1 Å². The average molecular weight is 249 g/mol. The minimum absolute atomic E-state index is 0.261. The van der Waals surface area contributed by atoms with Gasteiger partial charge in [0, 0.05) is 25.4 Å². The van der Waals surface area contributed by atoms with Crippen LogP contribution in [0.15, 0.2) is 24.4 Å². The molecule has 2 aromatic rings. The predicted octanol–water partition coefficient (Wildman–Crippen LogP) is 2.49. The number of hydrogen-bond donors (Lipinski definition) is 1. The maximum absolute atomic E-state index is 13.9. The SMILES string of the molecule is COc1cccc(CNc2cn(C)nc2C)c1F. The molecule has 0 unspecified atom stereocenters. The summed E-state index contributed by atoms with van der Waals surface area (Å²) in [5.74, 6) is -0.0637. The van der Waals surface area contributed by atoms with Gasteiger partial charge in [0.1, 0.15) is 0 Å². The van der Waals surface area contributed by atoms with Gasteiger partial charge in [-0.1, -0.05) is 12.1 Å². The molecule has 0 saturated carbocycles. The smallest absolute Gasteiger partial charge is 0.170 e. The van der Waals surface area contributed by atoms with Gasteiger partial charge < -0.3 is 10.1 Å². The van der Waals surface area contributed by atoms with E-state index in [0.717, 1.165) is 11.4 Å².